The Balaban J connectivity index is 1.31. The van der Waals surface area contributed by atoms with Gasteiger partial charge < -0.3 is 15.0 Å². The molecule has 1 aliphatic heterocycles. The molecule has 6 nitrogen and oxygen atoms in total. The molecule has 0 saturated carbocycles. The molecule has 1 aromatic heterocycles. The first-order valence-electron chi connectivity index (χ1n) is 9.63. The highest BCUT2D eigenvalue weighted by Gasteiger charge is 2.21. The van der Waals surface area contributed by atoms with Crippen LogP contribution in [0, 0.1) is 0 Å². The number of rotatable bonds is 5. The van der Waals surface area contributed by atoms with Gasteiger partial charge in [0.25, 0.3) is 5.91 Å². The van der Waals surface area contributed by atoms with Crippen LogP contribution in [0.1, 0.15) is 23.2 Å². The van der Waals surface area contributed by atoms with Gasteiger partial charge in [-0.1, -0.05) is 0 Å². The summed E-state index contributed by atoms with van der Waals surface area (Å²) in [5, 5.41) is 7.43. The molecule has 0 atom stereocenters. The van der Waals surface area contributed by atoms with Gasteiger partial charge in [0.1, 0.15) is 5.75 Å². The fraction of sp³-hybridized carbons (Fsp3) is 0.273. The first-order chi connectivity index (χ1) is 14.1. The maximum Gasteiger partial charge on any atom is 0.251 e. The van der Waals surface area contributed by atoms with Crippen molar-refractivity contribution in [2.45, 2.75) is 18.9 Å². The second-order valence-corrected chi connectivity index (χ2v) is 8.00. The van der Waals surface area contributed by atoms with Gasteiger partial charge in [-0.2, -0.15) is 5.10 Å². The van der Waals surface area contributed by atoms with Gasteiger partial charge >= 0.3 is 0 Å². The first kappa shape index (κ1) is 19.5. The number of benzene rings is 2. The number of nitrogens with one attached hydrogen (secondary N) is 1. The van der Waals surface area contributed by atoms with Crippen molar-refractivity contribution < 1.29 is 9.53 Å². The molecule has 1 saturated heterocycles. The van der Waals surface area contributed by atoms with Crippen LogP contribution in [0.15, 0.2) is 65.4 Å². The maximum atomic E-state index is 12.6. The van der Waals surface area contributed by atoms with E-state index in [-0.39, 0.29) is 11.9 Å². The molecule has 4 rings (SSSR count). The summed E-state index contributed by atoms with van der Waals surface area (Å²) in [6.07, 6.45) is 5.47. The molecule has 1 amide bonds. The molecule has 3 aromatic rings. The van der Waals surface area contributed by atoms with Crippen molar-refractivity contribution in [3.05, 3.63) is 71.0 Å². The van der Waals surface area contributed by atoms with Crippen molar-refractivity contribution in [3.8, 4) is 11.4 Å². The third-order valence-electron chi connectivity index (χ3n) is 5.21. The zero-order valence-corrected chi connectivity index (χ0v) is 17.8. The van der Waals surface area contributed by atoms with Crippen LogP contribution in [0.3, 0.4) is 0 Å². The molecule has 1 fully saturated rings. The molecule has 0 spiro atoms. The van der Waals surface area contributed by atoms with Gasteiger partial charge in [-0.25, -0.2) is 4.68 Å². The lowest BCUT2D eigenvalue weighted by Crippen LogP contribution is -2.44. The number of hydrogen-bond acceptors (Lipinski definition) is 4. The van der Waals surface area contributed by atoms with Crippen molar-refractivity contribution in [3.63, 3.8) is 0 Å². The lowest BCUT2D eigenvalue weighted by molar-refractivity contribution is 0.0931. The summed E-state index contributed by atoms with van der Waals surface area (Å²) in [4.78, 5) is 15.0. The zero-order valence-electron chi connectivity index (χ0n) is 16.2. The van der Waals surface area contributed by atoms with Gasteiger partial charge in [-0.05, 0) is 77.3 Å². The number of anilines is 1. The van der Waals surface area contributed by atoms with E-state index in [0.717, 1.165) is 41.8 Å². The molecule has 0 aliphatic carbocycles. The number of carbonyl (C=O) groups excluding carboxylic acids is 1. The van der Waals surface area contributed by atoms with E-state index in [1.165, 1.54) is 5.69 Å². The van der Waals surface area contributed by atoms with Crippen molar-refractivity contribution in [2.75, 3.05) is 25.1 Å². The van der Waals surface area contributed by atoms with Gasteiger partial charge in [0.15, 0.2) is 0 Å². The number of halogens is 1. The van der Waals surface area contributed by atoms with E-state index in [4.69, 9.17) is 4.74 Å². The second-order valence-electron chi connectivity index (χ2n) is 7.08. The smallest absolute Gasteiger partial charge is 0.251 e. The summed E-state index contributed by atoms with van der Waals surface area (Å²) in [5.74, 6) is 0.836. The van der Waals surface area contributed by atoms with Crippen molar-refractivity contribution in [1.29, 1.82) is 0 Å². The number of nitrogens with zero attached hydrogens (tertiary/aromatic N) is 3. The highest BCUT2D eigenvalue weighted by molar-refractivity contribution is 9.10. The Morgan fingerprint density at radius 3 is 2.31 bits per heavy atom. The highest BCUT2D eigenvalue weighted by Crippen LogP contribution is 2.23. The zero-order chi connectivity index (χ0) is 20.2. The Morgan fingerprint density at radius 1 is 1.07 bits per heavy atom. The summed E-state index contributed by atoms with van der Waals surface area (Å²) < 4.78 is 7.90. The molecular formula is C22H23BrN4O2. The number of methoxy groups -OCH3 is 1. The summed E-state index contributed by atoms with van der Waals surface area (Å²) in [5.41, 5.74) is 2.77. The fourth-order valence-corrected chi connectivity index (χ4v) is 3.84. The van der Waals surface area contributed by atoms with Crippen LogP contribution in [0.5, 0.6) is 5.75 Å². The van der Waals surface area contributed by atoms with Crippen LogP contribution >= 0.6 is 15.9 Å². The van der Waals surface area contributed by atoms with Crippen molar-refractivity contribution in [2.24, 2.45) is 0 Å². The number of piperidine rings is 1. The van der Waals surface area contributed by atoms with Crippen LogP contribution in [-0.2, 0) is 0 Å². The minimum atomic E-state index is -0.0268. The highest BCUT2D eigenvalue weighted by atomic mass is 79.9. The maximum absolute atomic E-state index is 12.6. The molecule has 29 heavy (non-hydrogen) atoms. The summed E-state index contributed by atoms with van der Waals surface area (Å²) >= 11 is 3.39. The molecule has 0 unspecified atom stereocenters. The Labute approximate surface area is 178 Å². The second kappa shape index (κ2) is 8.69. The van der Waals surface area contributed by atoms with Crippen molar-refractivity contribution in [1.82, 2.24) is 15.1 Å². The van der Waals surface area contributed by atoms with Crippen LogP contribution in [0.4, 0.5) is 5.69 Å². The Morgan fingerprint density at radius 2 is 1.72 bits per heavy atom. The molecule has 150 valence electrons. The number of aromatic nitrogens is 2. The minimum Gasteiger partial charge on any atom is -0.497 e. The van der Waals surface area contributed by atoms with Crippen molar-refractivity contribution >= 4 is 27.5 Å². The molecule has 7 heteroatoms. The predicted octanol–water partition coefficient (Wildman–Crippen LogP) is 4.04. The third-order valence-corrected chi connectivity index (χ3v) is 5.62. The Bertz CT molecular complexity index is 961. The molecule has 2 aromatic carbocycles. The average Bonchev–Trinajstić information content (AvgIpc) is 3.21. The van der Waals surface area contributed by atoms with E-state index < -0.39 is 0 Å². The molecule has 1 N–H and O–H groups in total. The number of hydrogen-bond donors (Lipinski definition) is 1. The molecule has 0 radical (unpaired) electrons. The average molecular weight is 455 g/mol. The molecule has 0 bridgehead atoms. The fourth-order valence-electron chi connectivity index (χ4n) is 3.55. The van der Waals surface area contributed by atoms with E-state index in [1.54, 1.807) is 18.0 Å². The van der Waals surface area contributed by atoms with Gasteiger partial charge in [0.2, 0.25) is 0 Å². The van der Waals surface area contributed by atoms with Gasteiger partial charge in [0.05, 0.1) is 23.5 Å². The first-order valence-corrected chi connectivity index (χ1v) is 10.4. The minimum absolute atomic E-state index is 0.0268. The van der Waals surface area contributed by atoms with Gasteiger partial charge in [-0.3, -0.25) is 4.79 Å². The van der Waals surface area contributed by atoms with Crippen LogP contribution in [-0.4, -0.2) is 41.9 Å². The summed E-state index contributed by atoms with van der Waals surface area (Å²) in [6, 6.07) is 15.8. The van der Waals surface area contributed by atoms with E-state index in [1.807, 2.05) is 42.6 Å². The molecule has 1 aliphatic rings. The Kier molecular flexibility index (Phi) is 5.85. The topological polar surface area (TPSA) is 59.4 Å². The molecule has 2 heterocycles. The monoisotopic (exact) mass is 454 g/mol. The van der Waals surface area contributed by atoms with E-state index in [9.17, 15) is 4.79 Å². The lowest BCUT2D eigenvalue weighted by Gasteiger charge is -2.34. The van der Waals surface area contributed by atoms with E-state index in [2.05, 4.69) is 43.4 Å². The molecular weight excluding hydrogens is 432 g/mol. The van der Waals surface area contributed by atoms with Crippen LogP contribution in [0.25, 0.3) is 5.69 Å². The van der Waals surface area contributed by atoms with Crippen LogP contribution in [0.2, 0.25) is 0 Å². The van der Waals surface area contributed by atoms with Gasteiger partial charge in [0, 0.05) is 36.6 Å². The number of carbonyl (C=O) groups is 1. The summed E-state index contributed by atoms with van der Waals surface area (Å²) in [6.45, 7) is 1.84. The Hall–Kier alpha value is -2.80. The number of amides is 1. The quantitative estimate of drug-likeness (QED) is 0.631. The summed E-state index contributed by atoms with van der Waals surface area (Å²) in [7, 11) is 1.67. The largest absolute Gasteiger partial charge is 0.497 e. The predicted molar refractivity (Wildman–Crippen MR) is 117 cm³/mol. The third kappa shape index (κ3) is 4.62. The standard InChI is InChI=1S/C22H23BrN4O2/c1-29-21-8-6-19(7-9-21)26-12-10-18(11-13-26)25-22(28)16-2-4-20(5-3-16)27-15-17(23)14-24-27/h2-9,14-15,18H,10-13H2,1H3,(H,25,28). The van der Waals surface area contributed by atoms with E-state index >= 15 is 0 Å². The van der Waals surface area contributed by atoms with Crippen LogP contribution < -0.4 is 15.0 Å². The van der Waals surface area contributed by atoms with Gasteiger partial charge in [-0.15, -0.1) is 0 Å². The number of ether oxygens (including phenoxy) is 1. The lowest BCUT2D eigenvalue weighted by atomic mass is 10.0. The van der Waals surface area contributed by atoms with E-state index in [0.29, 0.717) is 5.56 Å². The normalized spacial score (nSPS) is 14.6. The SMILES string of the molecule is COc1ccc(N2CCC(NC(=O)c3ccc(-n4cc(Br)cn4)cc3)CC2)cc1.